The van der Waals surface area contributed by atoms with Crippen molar-refractivity contribution in [1.29, 1.82) is 0 Å². The van der Waals surface area contributed by atoms with E-state index in [1.807, 2.05) is 70.0 Å². The molecule has 12 N–H and O–H groups in total. The molecule has 33 nitrogen and oxygen atoms in total. The van der Waals surface area contributed by atoms with Crippen LogP contribution in [-0.4, -0.2) is 193 Å². The Balaban J connectivity index is 0.766. The molecule has 1 aromatic heterocycles. The molecule has 650 valence electrons. The molecule has 2 aliphatic rings. The molecule has 0 saturated heterocycles. The van der Waals surface area contributed by atoms with Crippen molar-refractivity contribution in [2.75, 3.05) is 38.1 Å². The first-order chi connectivity index (χ1) is 57.4. The van der Waals surface area contributed by atoms with E-state index in [0.717, 1.165) is 33.9 Å². The summed E-state index contributed by atoms with van der Waals surface area (Å²) >= 11 is 6.24. The molecule has 5 aromatic carbocycles. The summed E-state index contributed by atoms with van der Waals surface area (Å²) in [5.41, 5.74) is 5.92. The summed E-state index contributed by atoms with van der Waals surface area (Å²) < 4.78 is 73.9. The largest absolute Gasteiger partial charge is 0.744 e. The Hall–Kier alpha value is -11.7. The normalized spacial score (nSPS) is 14.8. The van der Waals surface area contributed by atoms with Gasteiger partial charge >= 0.3 is 23.9 Å². The second-order valence-corrected chi connectivity index (χ2v) is 34.0. The lowest BCUT2D eigenvalue weighted by atomic mass is 9.81. The number of carboxylic acid groups (broad SMARTS) is 3. The van der Waals surface area contributed by atoms with Crippen molar-refractivity contribution in [3.63, 3.8) is 0 Å². The number of unbranched alkanes of at least 4 members (excludes halogenated alkanes) is 5. The Labute approximate surface area is 708 Å². The van der Waals surface area contributed by atoms with Crippen LogP contribution < -0.4 is 42.1 Å². The fourth-order valence-electron chi connectivity index (χ4n) is 14.4. The maximum atomic E-state index is 14.3. The van der Waals surface area contributed by atoms with Gasteiger partial charge in [0.25, 0.3) is 10.1 Å². The number of aliphatic carboxylic acids is 3. The molecule has 0 spiro atoms. The van der Waals surface area contributed by atoms with Crippen LogP contribution in [0, 0.1) is 0 Å². The molecule has 2 aliphatic heterocycles. The molecule has 0 fully saturated rings. The van der Waals surface area contributed by atoms with Crippen molar-refractivity contribution in [3.8, 4) is 5.75 Å². The van der Waals surface area contributed by atoms with Gasteiger partial charge in [-0.15, -0.1) is 5.10 Å². The maximum Gasteiger partial charge on any atom is 0.326 e. The summed E-state index contributed by atoms with van der Waals surface area (Å²) in [7, 11) is -7.29. The Bertz CT molecular complexity index is 5070. The summed E-state index contributed by atoms with van der Waals surface area (Å²) in [6.45, 7) is 9.56. The molecular formula is C85H106ClN13O20S2. The summed E-state index contributed by atoms with van der Waals surface area (Å²) in [6, 6.07) is 24.4. The van der Waals surface area contributed by atoms with E-state index in [9.17, 15) is 89.2 Å². The number of aromatic hydroxyl groups is 1. The van der Waals surface area contributed by atoms with Gasteiger partial charge in [-0.25, -0.2) is 22.8 Å². The molecule has 6 aromatic rings. The molecule has 36 heteroatoms. The molecule has 8 amide bonds. The number of benzene rings is 5. The van der Waals surface area contributed by atoms with Crippen molar-refractivity contribution >= 4 is 108 Å². The molecule has 0 bridgehead atoms. The van der Waals surface area contributed by atoms with E-state index in [1.165, 1.54) is 36.4 Å². The van der Waals surface area contributed by atoms with Gasteiger partial charge in [0.05, 0.1) is 27.9 Å². The topological polar surface area (TPSA) is 488 Å². The predicted molar refractivity (Wildman–Crippen MR) is 448 cm³/mol. The number of hydrogen-bond acceptors (Lipinski definition) is 19. The van der Waals surface area contributed by atoms with Crippen LogP contribution in [0.4, 0.5) is 16.2 Å². The van der Waals surface area contributed by atoms with Gasteiger partial charge in [-0.3, -0.25) is 42.8 Å². The van der Waals surface area contributed by atoms with Crippen LogP contribution in [0.3, 0.4) is 0 Å². The number of nitrogens with zero attached hydrogens (tertiary/aromatic N) is 6. The highest BCUT2D eigenvalue weighted by molar-refractivity contribution is 7.86. The summed E-state index contributed by atoms with van der Waals surface area (Å²) in [6.07, 6.45) is 14.3. The van der Waals surface area contributed by atoms with Gasteiger partial charge in [0.2, 0.25) is 41.1 Å². The number of urea groups is 1. The number of allylic oxidation sites excluding steroid dienone is 6. The Morgan fingerprint density at radius 2 is 1.23 bits per heavy atom. The van der Waals surface area contributed by atoms with Crippen molar-refractivity contribution in [3.05, 3.63) is 196 Å². The van der Waals surface area contributed by atoms with E-state index in [0.29, 0.717) is 91.9 Å². The fourth-order valence-corrected chi connectivity index (χ4v) is 15.6. The number of carbonyl (C=O) groups excluding carboxylic acids is 7. The van der Waals surface area contributed by atoms with E-state index in [-0.39, 0.29) is 111 Å². The number of nitrogens with one attached hydrogen (secondary N) is 7. The van der Waals surface area contributed by atoms with Crippen LogP contribution in [0.1, 0.15) is 164 Å². The Morgan fingerprint density at radius 3 is 1.92 bits per heavy atom. The Morgan fingerprint density at radius 1 is 0.595 bits per heavy atom. The highest BCUT2D eigenvalue weighted by atomic mass is 35.5. The quantitative estimate of drug-likeness (QED) is 0.00741. The molecule has 3 heterocycles. The highest BCUT2D eigenvalue weighted by Crippen LogP contribution is 2.48. The summed E-state index contributed by atoms with van der Waals surface area (Å²) in [5, 5.41) is 65.5. The molecular weight excluding hydrogens is 1620 g/mol. The highest BCUT2D eigenvalue weighted by Gasteiger charge is 2.45. The number of rotatable bonds is 48. The van der Waals surface area contributed by atoms with Crippen LogP contribution >= 0.6 is 11.6 Å². The number of phenolic OH excluding ortho intramolecular Hbond substituents is 1. The van der Waals surface area contributed by atoms with Gasteiger partial charge in [0.15, 0.2) is 5.71 Å². The minimum absolute atomic E-state index is 0.00479. The van der Waals surface area contributed by atoms with Crippen molar-refractivity contribution < 1.29 is 98.9 Å². The lowest BCUT2D eigenvalue weighted by Crippen LogP contribution is -2.55. The number of fused-ring (bicyclic) bond motifs is 2. The standard InChI is InChI=1S/C85H106ClN13O20S2/c1-84(2)64-51-62(120(114,115)116)35-38-70(64)96(5)72(84)27-12-7-13-28-73-85(3,4)65-52-63(121(117,118)119)36-39-71(65)99(73)47-18-9-14-29-74(101)89-53-60-55-98(95-94-60)46-21-44-88-79(107)68(50-57-31-33-61(100)34-32-57)91-80(108)69(49-56-22-10-6-11-23-56)90-76(103)41-40-75(102)87-43-17-8-15-30-77(104)97(54-58-24-20-25-59(86)48-58)45-19-16-26-66(81(109)110)92-83(113)93-67(82(111)112)37-42-78(105)106/h6-7,10-13,20,22-25,27-28,31-36,38-39,48,51-52,55,66-69H,8-9,14-19,21,26,29-30,37,40-47,49-50,53-54H2,1-5H3,(H12-,87,88,89,90,91,92,93,100,101,102,103,105,106,107,108,109,110,111,112,113,114,115,116,117,118,119)/t66-,67-,68-,69-/m0/s1. The number of halogens is 1. The predicted octanol–water partition coefficient (Wildman–Crippen LogP) is 8.15. The fraction of sp³-hybridized carbons (Fsp3) is 0.424. The average Bonchev–Trinajstić information content (AvgIpc) is 1.60. The average molecular weight is 1730 g/mol. The minimum atomic E-state index is -4.76. The zero-order valence-electron chi connectivity index (χ0n) is 68.2. The zero-order chi connectivity index (χ0) is 88.2. The lowest BCUT2D eigenvalue weighted by molar-refractivity contribution is -0.438. The second-order valence-electron chi connectivity index (χ2n) is 30.8. The van der Waals surface area contributed by atoms with Gasteiger partial charge in [-0.05, 0) is 155 Å². The Kier molecular flexibility index (Phi) is 34.9. The smallest absolute Gasteiger partial charge is 0.326 e. The molecule has 0 unspecified atom stereocenters. The number of hydrogen-bond donors (Lipinski definition) is 12. The van der Waals surface area contributed by atoms with E-state index in [1.54, 1.807) is 94.6 Å². The molecule has 0 aliphatic carbocycles. The second kappa shape index (κ2) is 44.6. The lowest BCUT2D eigenvalue weighted by Gasteiger charge is -2.24. The van der Waals surface area contributed by atoms with E-state index < -0.39 is 116 Å². The third-order valence-electron chi connectivity index (χ3n) is 20.9. The zero-order valence-corrected chi connectivity index (χ0v) is 70.5. The van der Waals surface area contributed by atoms with Crippen molar-refractivity contribution in [2.24, 2.45) is 0 Å². The van der Waals surface area contributed by atoms with Gasteiger partial charge in [-0.1, -0.05) is 110 Å². The number of aromatic nitrogens is 3. The third-order valence-corrected chi connectivity index (χ3v) is 22.9. The third kappa shape index (κ3) is 29.1. The van der Waals surface area contributed by atoms with E-state index in [4.69, 9.17) is 16.7 Å². The summed E-state index contributed by atoms with van der Waals surface area (Å²) in [5.74, 6) is -6.80. The van der Waals surface area contributed by atoms with Crippen molar-refractivity contribution in [2.45, 2.75) is 208 Å². The number of likely N-dealkylation sites (N-methyl/N-ethyl adjacent to an activating group) is 1. The summed E-state index contributed by atoms with van der Waals surface area (Å²) in [4.78, 5) is 132. The molecule has 4 atom stereocenters. The van der Waals surface area contributed by atoms with Gasteiger partial charge in [0, 0.05) is 131 Å². The number of carboxylic acids is 3. The van der Waals surface area contributed by atoms with Crippen LogP contribution in [0.2, 0.25) is 5.02 Å². The van der Waals surface area contributed by atoms with Gasteiger partial charge in [0.1, 0.15) is 52.3 Å². The first-order valence-electron chi connectivity index (χ1n) is 39.9. The first kappa shape index (κ1) is 94.8. The SMILES string of the molecule is CN1/C(=C/C=C/C=C/C2=[N+](CCCCCC(=O)NCc3cn(CCCNC(=O)[C@H](Cc4ccc(O)cc4)NC(=O)[C@H](Cc4ccccc4)NC(=O)CCC(=O)NCCCCCC(=O)N(CCCC[C@H](NC(=O)N[C@@H](CCC(=O)O)C(=O)O)C(=O)O)Cc4cccc(Cl)c4)nn3)c3ccc(S(=O)(=O)[O-])cc3C2(C)C)C(C)(C)c2cc(S(=O)(=O)O)ccc21. The van der Waals surface area contributed by atoms with Crippen LogP contribution in [0.5, 0.6) is 5.75 Å². The van der Waals surface area contributed by atoms with Crippen LogP contribution in [0.25, 0.3) is 0 Å². The number of anilines is 1. The van der Waals surface area contributed by atoms with Gasteiger partial charge in [-0.2, -0.15) is 13.0 Å². The molecule has 8 rings (SSSR count). The number of aryl methyl sites for hydroxylation is 1. The molecule has 121 heavy (non-hydrogen) atoms. The number of carbonyl (C=O) groups is 10. The molecule has 0 radical (unpaired) electrons. The van der Waals surface area contributed by atoms with Crippen molar-refractivity contribution in [1.82, 2.24) is 57.1 Å². The maximum absolute atomic E-state index is 14.3. The first-order valence-corrected chi connectivity index (χ1v) is 43.2. The van der Waals surface area contributed by atoms with E-state index >= 15 is 0 Å². The number of phenols is 1. The van der Waals surface area contributed by atoms with Crippen LogP contribution in [-0.2, 0) is 107 Å². The van der Waals surface area contributed by atoms with Crippen LogP contribution in [0.15, 0.2) is 167 Å². The molecule has 0 saturated carbocycles. The van der Waals surface area contributed by atoms with E-state index in [2.05, 4.69) is 52.1 Å². The minimum Gasteiger partial charge on any atom is -0.744 e. The van der Waals surface area contributed by atoms with Gasteiger partial charge < -0.3 is 72.0 Å². The number of amides is 8. The monoisotopic (exact) mass is 1730 g/mol.